The van der Waals surface area contributed by atoms with Crippen molar-refractivity contribution in [3.63, 3.8) is 0 Å². The quantitative estimate of drug-likeness (QED) is 0.788. The Kier molecular flexibility index (Phi) is 5.31. The SMILES string of the molecule is C[C@H](NC(=O)CCC(=O)c1ccc2c(c1)CCCC2)C(=O)O. The molecular weight excluding hydrogens is 282 g/mol. The number of carboxylic acids is 1. The molecule has 0 spiro atoms. The van der Waals surface area contributed by atoms with Gasteiger partial charge in [-0.2, -0.15) is 0 Å². The van der Waals surface area contributed by atoms with E-state index in [1.807, 2.05) is 18.2 Å². The van der Waals surface area contributed by atoms with Crippen LogP contribution in [-0.2, 0) is 22.4 Å². The molecule has 0 aliphatic heterocycles. The average Bonchev–Trinajstić information content (AvgIpc) is 2.52. The van der Waals surface area contributed by atoms with Gasteiger partial charge in [0.25, 0.3) is 0 Å². The minimum Gasteiger partial charge on any atom is -0.480 e. The number of rotatable bonds is 6. The Labute approximate surface area is 129 Å². The number of carbonyl (C=O) groups excluding carboxylic acids is 2. The summed E-state index contributed by atoms with van der Waals surface area (Å²) in [6.45, 7) is 1.39. The Morgan fingerprint density at radius 3 is 2.50 bits per heavy atom. The van der Waals surface area contributed by atoms with Gasteiger partial charge in [-0.1, -0.05) is 12.1 Å². The molecule has 0 saturated heterocycles. The fourth-order valence-electron chi connectivity index (χ4n) is 2.65. The van der Waals surface area contributed by atoms with E-state index in [1.54, 1.807) is 0 Å². The zero-order chi connectivity index (χ0) is 16.1. The van der Waals surface area contributed by atoms with Crippen molar-refractivity contribution in [1.82, 2.24) is 5.32 Å². The summed E-state index contributed by atoms with van der Waals surface area (Å²) in [6.07, 6.45) is 4.53. The minimum absolute atomic E-state index is 0.00748. The molecule has 22 heavy (non-hydrogen) atoms. The molecule has 118 valence electrons. The van der Waals surface area contributed by atoms with E-state index in [0.29, 0.717) is 5.56 Å². The Bertz CT molecular complexity index is 594. The highest BCUT2D eigenvalue weighted by atomic mass is 16.4. The molecule has 0 radical (unpaired) electrons. The van der Waals surface area contributed by atoms with Gasteiger partial charge in [0.1, 0.15) is 6.04 Å². The lowest BCUT2D eigenvalue weighted by atomic mass is 9.89. The normalized spacial score (nSPS) is 14.8. The van der Waals surface area contributed by atoms with Gasteiger partial charge in [0.05, 0.1) is 0 Å². The van der Waals surface area contributed by atoms with Crippen molar-refractivity contribution in [3.8, 4) is 0 Å². The van der Waals surface area contributed by atoms with Crippen LogP contribution < -0.4 is 5.32 Å². The second-order valence-corrected chi connectivity index (χ2v) is 5.74. The maximum Gasteiger partial charge on any atom is 0.325 e. The molecule has 0 unspecified atom stereocenters. The zero-order valence-corrected chi connectivity index (χ0v) is 12.7. The molecule has 2 N–H and O–H groups in total. The standard InChI is InChI=1S/C17H21NO4/c1-11(17(21)22)18-16(20)9-8-15(19)14-7-6-12-4-2-3-5-13(12)10-14/h6-7,10-11H,2-5,8-9H2,1H3,(H,18,20)(H,21,22)/t11-/m0/s1. The second kappa shape index (κ2) is 7.20. The van der Waals surface area contributed by atoms with Crippen LogP contribution in [0, 0.1) is 0 Å². The fraction of sp³-hybridized carbons (Fsp3) is 0.471. The number of nitrogens with one attached hydrogen (secondary N) is 1. The molecule has 0 bridgehead atoms. The van der Waals surface area contributed by atoms with Gasteiger partial charge < -0.3 is 10.4 Å². The van der Waals surface area contributed by atoms with E-state index < -0.39 is 17.9 Å². The molecule has 0 aromatic heterocycles. The van der Waals surface area contributed by atoms with Crippen molar-refractivity contribution in [2.24, 2.45) is 0 Å². The summed E-state index contributed by atoms with van der Waals surface area (Å²) in [5, 5.41) is 11.1. The first-order chi connectivity index (χ1) is 10.5. The van der Waals surface area contributed by atoms with E-state index in [4.69, 9.17) is 5.11 Å². The van der Waals surface area contributed by atoms with Crippen LogP contribution in [0.15, 0.2) is 18.2 Å². The van der Waals surface area contributed by atoms with E-state index in [0.717, 1.165) is 19.3 Å². The molecule has 5 heteroatoms. The van der Waals surface area contributed by atoms with Crippen LogP contribution in [0.25, 0.3) is 0 Å². The largest absolute Gasteiger partial charge is 0.480 e. The first-order valence-electron chi connectivity index (χ1n) is 7.64. The highest BCUT2D eigenvalue weighted by Crippen LogP contribution is 2.22. The average molecular weight is 303 g/mol. The molecule has 1 aromatic rings. The maximum atomic E-state index is 12.2. The Morgan fingerprint density at radius 2 is 1.82 bits per heavy atom. The van der Waals surface area contributed by atoms with Gasteiger partial charge in [-0.15, -0.1) is 0 Å². The Balaban J connectivity index is 1.90. The Hall–Kier alpha value is -2.17. The van der Waals surface area contributed by atoms with Crippen molar-refractivity contribution >= 4 is 17.7 Å². The van der Waals surface area contributed by atoms with Crippen molar-refractivity contribution in [1.29, 1.82) is 0 Å². The summed E-state index contributed by atoms with van der Waals surface area (Å²) in [5.41, 5.74) is 3.19. The maximum absolute atomic E-state index is 12.2. The number of carboxylic acid groups (broad SMARTS) is 1. The predicted octanol–water partition coefficient (Wildman–Crippen LogP) is 2.12. The molecule has 2 rings (SSSR count). The van der Waals surface area contributed by atoms with Crippen molar-refractivity contribution in [3.05, 3.63) is 34.9 Å². The summed E-state index contributed by atoms with van der Waals surface area (Å²) < 4.78 is 0. The molecule has 1 amide bonds. The van der Waals surface area contributed by atoms with Crippen LogP contribution in [0.5, 0.6) is 0 Å². The van der Waals surface area contributed by atoms with E-state index in [2.05, 4.69) is 5.32 Å². The highest BCUT2D eigenvalue weighted by molar-refractivity contribution is 5.98. The van der Waals surface area contributed by atoms with Crippen molar-refractivity contribution in [2.75, 3.05) is 0 Å². The monoisotopic (exact) mass is 303 g/mol. The van der Waals surface area contributed by atoms with Crippen LogP contribution in [-0.4, -0.2) is 28.8 Å². The van der Waals surface area contributed by atoms with Crippen LogP contribution in [0.4, 0.5) is 0 Å². The lowest BCUT2D eigenvalue weighted by Gasteiger charge is -2.16. The predicted molar refractivity (Wildman–Crippen MR) is 81.9 cm³/mol. The number of Topliss-reactive ketones (excluding diaryl/α,β-unsaturated/α-hetero) is 1. The lowest BCUT2D eigenvalue weighted by Crippen LogP contribution is -2.38. The molecular formula is C17H21NO4. The number of fused-ring (bicyclic) bond motifs is 1. The zero-order valence-electron chi connectivity index (χ0n) is 12.7. The smallest absolute Gasteiger partial charge is 0.325 e. The van der Waals surface area contributed by atoms with Gasteiger partial charge in [-0.25, -0.2) is 0 Å². The molecule has 0 heterocycles. The van der Waals surface area contributed by atoms with Gasteiger partial charge in [0.2, 0.25) is 5.91 Å². The number of ketones is 1. The number of aliphatic carboxylic acids is 1. The number of aryl methyl sites for hydroxylation is 2. The third-order valence-electron chi connectivity index (χ3n) is 4.00. The summed E-state index contributed by atoms with van der Waals surface area (Å²) in [5.74, 6) is -1.58. The van der Waals surface area contributed by atoms with Gasteiger partial charge in [-0.05, 0) is 49.8 Å². The van der Waals surface area contributed by atoms with Crippen LogP contribution >= 0.6 is 0 Å². The molecule has 0 saturated carbocycles. The number of hydrogen-bond donors (Lipinski definition) is 2. The van der Waals surface area contributed by atoms with Crippen molar-refractivity contribution in [2.45, 2.75) is 51.5 Å². The van der Waals surface area contributed by atoms with Gasteiger partial charge in [0.15, 0.2) is 5.78 Å². The third-order valence-corrected chi connectivity index (χ3v) is 4.00. The number of benzene rings is 1. The van der Waals surface area contributed by atoms with E-state index >= 15 is 0 Å². The van der Waals surface area contributed by atoms with Crippen molar-refractivity contribution < 1.29 is 19.5 Å². The van der Waals surface area contributed by atoms with Crippen LogP contribution in [0.1, 0.15) is 54.1 Å². The fourth-order valence-corrected chi connectivity index (χ4v) is 2.65. The summed E-state index contributed by atoms with van der Waals surface area (Å²) in [4.78, 5) is 34.4. The number of carbonyl (C=O) groups is 3. The van der Waals surface area contributed by atoms with E-state index in [1.165, 1.54) is 24.5 Å². The van der Waals surface area contributed by atoms with Gasteiger partial charge in [-0.3, -0.25) is 14.4 Å². The summed E-state index contributed by atoms with van der Waals surface area (Å²) in [6, 6.07) is 4.83. The van der Waals surface area contributed by atoms with Gasteiger partial charge >= 0.3 is 5.97 Å². The third kappa shape index (κ3) is 4.16. The molecule has 1 aromatic carbocycles. The highest BCUT2D eigenvalue weighted by Gasteiger charge is 2.16. The molecule has 0 fully saturated rings. The first-order valence-corrected chi connectivity index (χ1v) is 7.64. The molecule has 5 nitrogen and oxygen atoms in total. The second-order valence-electron chi connectivity index (χ2n) is 5.74. The number of amides is 1. The minimum atomic E-state index is -1.09. The van der Waals surface area contributed by atoms with Crippen LogP contribution in [0.2, 0.25) is 0 Å². The van der Waals surface area contributed by atoms with E-state index in [9.17, 15) is 14.4 Å². The molecule has 1 aliphatic rings. The molecule has 1 aliphatic carbocycles. The lowest BCUT2D eigenvalue weighted by molar-refractivity contribution is -0.141. The number of hydrogen-bond acceptors (Lipinski definition) is 3. The first kappa shape index (κ1) is 16.2. The topological polar surface area (TPSA) is 83.5 Å². The summed E-state index contributed by atoms with van der Waals surface area (Å²) in [7, 11) is 0. The Morgan fingerprint density at radius 1 is 1.14 bits per heavy atom. The molecule has 1 atom stereocenters. The van der Waals surface area contributed by atoms with Crippen LogP contribution in [0.3, 0.4) is 0 Å². The summed E-state index contributed by atoms with van der Waals surface area (Å²) >= 11 is 0. The van der Waals surface area contributed by atoms with E-state index in [-0.39, 0.29) is 18.6 Å². The van der Waals surface area contributed by atoms with Gasteiger partial charge in [0, 0.05) is 18.4 Å².